The van der Waals surface area contributed by atoms with Crippen LogP contribution in [0.25, 0.3) is 22.3 Å². The van der Waals surface area contributed by atoms with E-state index in [1.807, 2.05) is 11.4 Å². The summed E-state index contributed by atoms with van der Waals surface area (Å²) in [5.74, 6) is 0.530. The van der Waals surface area contributed by atoms with Gasteiger partial charge in [0.15, 0.2) is 5.82 Å². The van der Waals surface area contributed by atoms with Gasteiger partial charge in [0.2, 0.25) is 0 Å². The van der Waals surface area contributed by atoms with Crippen LogP contribution in [0.15, 0.2) is 33.4 Å². The van der Waals surface area contributed by atoms with Crippen molar-refractivity contribution in [3.8, 4) is 11.4 Å². The molecule has 0 bridgehead atoms. The van der Waals surface area contributed by atoms with Crippen LogP contribution in [0.4, 0.5) is 10.2 Å². The van der Waals surface area contributed by atoms with E-state index in [2.05, 4.69) is 25.9 Å². The van der Waals surface area contributed by atoms with Gasteiger partial charge in [-0.25, -0.2) is 14.4 Å². The molecule has 3 nitrogen and oxygen atoms in total. The minimum Gasteiger partial charge on any atom is -0.383 e. The predicted octanol–water partition coefficient (Wildman–Crippen LogP) is 3.84. The minimum atomic E-state index is -0.335. The molecule has 3 aromatic rings. The lowest BCUT2D eigenvalue weighted by atomic mass is 10.2. The second kappa shape index (κ2) is 4.29. The highest BCUT2D eigenvalue weighted by Gasteiger charge is 2.09. The van der Waals surface area contributed by atoms with Gasteiger partial charge < -0.3 is 5.73 Å². The Morgan fingerprint density at radius 2 is 2.06 bits per heavy atom. The molecule has 0 aliphatic rings. The zero-order valence-corrected chi connectivity index (χ0v) is 11.4. The molecule has 2 heterocycles. The molecule has 0 saturated heterocycles. The van der Waals surface area contributed by atoms with Gasteiger partial charge >= 0.3 is 0 Å². The zero-order valence-electron chi connectivity index (χ0n) is 9.02. The van der Waals surface area contributed by atoms with Crippen LogP contribution in [-0.2, 0) is 0 Å². The van der Waals surface area contributed by atoms with Gasteiger partial charge in [-0.15, -0.1) is 11.3 Å². The molecule has 0 aliphatic carbocycles. The Kier molecular flexibility index (Phi) is 2.76. The number of thiophene rings is 1. The van der Waals surface area contributed by atoms with Crippen LogP contribution in [0.2, 0.25) is 0 Å². The first-order chi connectivity index (χ1) is 8.63. The van der Waals surface area contributed by atoms with E-state index >= 15 is 0 Å². The lowest BCUT2D eigenvalue weighted by Crippen LogP contribution is -1.97. The Balaban J connectivity index is 2.26. The topological polar surface area (TPSA) is 51.8 Å². The number of hydrogen-bond acceptors (Lipinski definition) is 4. The van der Waals surface area contributed by atoms with Gasteiger partial charge in [0.1, 0.15) is 11.6 Å². The molecule has 90 valence electrons. The average Bonchev–Trinajstić information content (AvgIpc) is 2.75. The molecule has 0 radical (unpaired) electrons. The Labute approximate surface area is 115 Å². The number of anilines is 1. The molecule has 0 unspecified atom stereocenters. The van der Waals surface area contributed by atoms with E-state index in [9.17, 15) is 4.39 Å². The van der Waals surface area contributed by atoms with Crippen LogP contribution >= 0.6 is 27.3 Å². The standard InChI is InChI=1S/C12H7BrFN3S/c13-10-3-6(5-18-10)12-16-9-4-7(14)1-2-8(9)11(15)17-12/h1-5H,(H2,15,16,17). The summed E-state index contributed by atoms with van der Waals surface area (Å²) in [7, 11) is 0. The van der Waals surface area contributed by atoms with Crippen LogP contribution in [-0.4, -0.2) is 9.97 Å². The molecule has 0 fully saturated rings. The van der Waals surface area contributed by atoms with Crippen molar-refractivity contribution in [2.24, 2.45) is 0 Å². The third-order valence-electron chi connectivity index (χ3n) is 2.51. The average molecular weight is 324 g/mol. The third-order valence-corrected chi connectivity index (χ3v) is 4.02. The number of nitrogens with two attached hydrogens (primary N) is 1. The molecule has 0 aliphatic heterocycles. The summed E-state index contributed by atoms with van der Waals surface area (Å²) in [4.78, 5) is 8.58. The number of hydrogen-bond donors (Lipinski definition) is 1. The first kappa shape index (κ1) is 11.6. The van der Waals surface area contributed by atoms with E-state index in [1.54, 1.807) is 6.07 Å². The van der Waals surface area contributed by atoms with E-state index in [4.69, 9.17) is 5.73 Å². The predicted molar refractivity (Wildman–Crippen MR) is 74.9 cm³/mol. The fraction of sp³-hybridized carbons (Fsp3) is 0. The molecule has 3 rings (SSSR count). The molecule has 1 aromatic carbocycles. The Bertz CT molecular complexity index is 741. The molecule has 2 N–H and O–H groups in total. The van der Waals surface area contributed by atoms with Gasteiger partial charge in [0.25, 0.3) is 0 Å². The number of halogens is 2. The largest absolute Gasteiger partial charge is 0.383 e. The summed E-state index contributed by atoms with van der Waals surface area (Å²) in [6.07, 6.45) is 0. The minimum absolute atomic E-state index is 0.335. The normalized spacial score (nSPS) is 11.0. The number of nitrogen functional groups attached to an aromatic ring is 1. The fourth-order valence-electron chi connectivity index (χ4n) is 1.68. The first-order valence-corrected chi connectivity index (χ1v) is 6.78. The van der Waals surface area contributed by atoms with E-state index in [0.717, 1.165) is 9.35 Å². The Morgan fingerprint density at radius 3 is 2.78 bits per heavy atom. The molecular weight excluding hydrogens is 317 g/mol. The summed E-state index contributed by atoms with van der Waals surface area (Å²) < 4.78 is 14.2. The summed E-state index contributed by atoms with van der Waals surface area (Å²) in [6, 6.07) is 6.21. The SMILES string of the molecule is Nc1nc(-c2csc(Br)c2)nc2cc(F)ccc12. The summed E-state index contributed by atoms with van der Waals surface area (Å²) in [5.41, 5.74) is 7.25. The van der Waals surface area contributed by atoms with Crippen molar-refractivity contribution in [1.29, 1.82) is 0 Å². The van der Waals surface area contributed by atoms with Crippen LogP contribution < -0.4 is 5.73 Å². The quantitative estimate of drug-likeness (QED) is 0.740. The maximum Gasteiger partial charge on any atom is 0.163 e. The second-order valence-corrected chi connectivity index (χ2v) is 6.02. The first-order valence-electron chi connectivity index (χ1n) is 5.10. The van der Waals surface area contributed by atoms with E-state index in [-0.39, 0.29) is 5.82 Å². The number of benzene rings is 1. The maximum absolute atomic E-state index is 13.2. The maximum atomic E-state index is 13.2. The Hall–Kier alpha value is -1.53. The van der Waals surface area contributed by atoms with Gasteiger partial charge in [-0.05, 0) is 34.1 Å². The molecule has 0 amide bonds. The van der Waals surface area contributed by atoms with Crippen molar-refractivity contribution < 1.29 is 4.39 Å². The lowest BCUT2D eigenvalue weighted by molar-refractivity contribution is 0.629. The number of nitrogens with zero attached hydrogens (tertiary/aromatic N) is 2. The molecule has 0 saturated carbocycles. The number of aromatic nitrogens is 2. The lowest BCUT2D eigenvalue weighted by Gasteiger charge is -2.04. The Morgan fingerprint density at radius 1 is 1.22 bits per heavy atom. The van der Waals surface area contributed by atoms with E-state index in [1.165, 1.54) is 23.5 Å². The van der Waals surface area contributed by atoms with Crippen LogP contribution in [0.3, 0.4) is 0 Å². The third kappa shape index (κ3) is 1.97. The highest BCUT2D eigenvalue weighted by atomic mass is 79.9. The van der Waals surface area contributed by atoms with E-state index in [0.29, 0.717) is 22.5 Å². The molecule has 18 heavy (non-hydrogen) atoms. The van der Waals surface area contributed by atoms with Crippen molar-refractivity contribution in [3.63, 3.8) is 0 Å². The molecule has 6 heteroatoms. The van der Waals surface area contributed by atoms with Crippen molar-refractivity contribution in [2.75, 3.05) is 5.73 Å². The van der Waals surface area contributed by atoms with Gasteiger partial charge in [0.05, 0.1) is 9.30 Å². The number of rotatable bonds is 1. The summed E-state index contributed by atoms with van der Waals surface area (Å²) in [6.45, 7) is 0. The van der Waals surface area contributed by atoms with Crippen molar-refractivity contribution in [2.45, 2.75) is 0 Å². The van der Waals surface area contributed by atoms with Gasteiger partial charge in [-0.2, -0.15) is 0 Å². The highest BCUT2D eigenvalue weighted by Crippen LogP contribution is 2.29. The molecule has 0 atom stereocenters. The van der Waals surface area contributed by atoms with Crippen molar-refractivity contribution >= 4 is 44.0 Å². The van der Waals surface area contributed by atoms with E-state index < -0.39 is 0 Å². The van der Waals surface area contributed by atoms with Crippen molar-refractivity contribution in [3.05, 3.63) is 39.2 Å². The van der Waals surface area contributed by atoms with Crippen molar-refractivity contribution in [1.82, 2.24) is 9.97 Å². The molecular formula is C12H7BrFN3S. The van der Waals surface area contributed by atoms with Crippen LogP contribution in [0.5, 0.6) is 0 Å². The molecule has 0 spiro atoms. The van der Waals surface area contributed by atoms with Gasteiger partial charge in [-0.1, -0.05) is 0 Å². The highest BCUT2D eigenvalue weighted by molar-refractivity contribution is 9.11. The summed E-state index contributed by atoms with van der Waals surface area (Å²) in [5, 5.41) is 2.58. The zero-order chi connectivity index (χ0) is 12.7. The summed E-state index contributed by atoms with van der Waals surface area (Å²) >= 11 is 4.92. The fourth-order valence-corrected chi connectivity index (χ4v) is 2.82. The second-order valence-electron chi connectivity index (χ2n) is 3.73. The van der Waals surface area contributed by atoms with Gasteiger partial charge in [-0.3, -0.25) is 0 Å². The van der Waals surface area contributed by atoms with Gasteiger partial charge in [0, 0.05) is 22.4 Å². The molecule has 2 aromatic heterocycles. The van der Waals surface area contributed by atoms with Crippen LogP contribution in [0, 0.1) is 5.82 Å². The monoisotopic (exact) mass is 323 g/mol. The number of fused-ring (bicyclic) bond motifs is 1. The van der Waals surface area contributed by atoms with Crippen LogP contribution in [0.1, 0.15) is 0 Å². The smallest absolute Gasteiger partial charge is 0.163 e.